The van der Waals surface area contributed by atoms with Gasteiger partial charge < -0.3 is 5.32 Å². The molecule has 3 heterocycles. The van der Waals surface area contributed by atoms with Crippen molar-refractivity contribution in [2.24, 2.45) is 0 Å². The molecule has 1 N–H and O–H groups in total. The maximum Gasteiger partial charge on any atom is 0.254 e. The number of aryl methyl sites for hydroxylation is 1. The Morgan fingerprint density at radius 3 is 2.83 bits per heavy atom. The number of hydrogen-bond donors (Lipinski definition) is 1. The smallest absolute Gasteiger partial charge is 0.254 e. The first-order chi connectivity index (χ1) is 14.6. The number of pyridine rings is 1. The zero-order valence-corrected chi connectivity index (χ0v) is 17.8. The van der Waals surface area contributed by atoms with Crippen molar-refractivity contribution in [1.29, 1.82) is 0 Å². The summed E-state index contributed by atoms with van der Waals surface area (Å²) in [7, 11) is 0. The van der Waals surface area contributed by atoms with E-state index in [4.69, 9.17) is 0 Å². The van der Waals surface area contributed by atoms with Crippen LogP contribution in [0.5, 0.6) is 0 Å². The summed E-state index contributed by atoms with van der Waals surface area (Å²) in [6, 6.07) is 9.18. The normalized spacial score (nSPS) is 12.2. The number of carbonyl (C=O) groups is 1. The lowest BCUT2D eigenvalue weighted by Crippen LogP contribution is -2.31. The third-order valence-electron chi connectivity index (χ3n) is 5.09. The second-order valence-electron chi connectivity index (χ2n) is 6.95. The Bertz CT molecular complexity index is 1170. The molecule has 0 aliphatic rings. The van der Waals surface area contributed by atoms with E-state index in [0.29, 0.717) is 17.1 Å². The Kier molecular flexibility index (Phi) is 5.75. The first kappa shape index (κ1) is 20.0. The van der Waals surface area contributed by atoms with Crippen LogP contribution in [0.3, 0.4) is 0 Å². The standard InChI is InChI=1S/C20H22N8OS/c1-13-7-8-15(18(14(13)2)28-12-21-25-26-28)20(29)22-16(9-11-30-3)19-24-23-17-6-4-5-10-27(17)19/h4-8,10,12,16H,9,11H2,1-3H3,(H,22,29)/t16-/m0/s1. The van der Waals surface area contributed by atoms with Gasteiger partial charge in [0.05, 0.1) is 17.3 Å². The largest absolute Gasteiger partial charge is 0.342 e. The lowest BCUT2D eigenvalue weighted by molar-refractivity contribution is 0.0933. The van der Waals surface area contributed by atoms with Gasteiger partial charge >= 0.3 is 0 Å². The van der Waals surface area contributed by atoms with Crippen LogP contribution in [0.4, 0.5) is 0 Å². The summed E-state index contributed by atoms with van der Waals surface area (Å²) in [6.45, 7) is 3.95. The molecule has 1 aromatic carbocycles. The van der Waals surface area contributed by atoms with E-state index in [9.17, 15) is 4.79 Å². The first-order valence-electron chi connectivity index (χ1n) is 9.53. The average molecular weight is 423 g/mol. The number of nitrogens with zero attached hydrogens (tertiary/aromatic N) is 7. The van der Waals surface area contributed by atoms with Crippen LogP contribution < -0.4 is 5.32 Å². The van der Waals surface area contributed by atoms with Crippen LogP contribution in [-0.4, -0.2) is 52.7 Å². The van der Waals surface area contributed by atoms with Crippen molar-refractivity contribution in [1.82, 2.24) is 40.1 Å². The molecule has 0 bridgehead atoms. The maximum absolute atomic E-state index is 13.4. The van der Waals surface area contributed by atoms with E-state index in [1.54, 1.807) is 11.8 Å². The number of amides is 1. The summed E-state index contributed by atoms with van der Waals surface area (Å²) in [5.74, 6) is 1.38. The van der Waals surface area contributed by atoms with E-state index < -0.39 is 0 Å². The SMILES string of the molecule is CSCC[C@H](NC(=O)c1ccc(C)c(C)c1-n1cnnn1)c1nnc2ccccn12. The molecule has 0 unspecified atom stereocenters. The third kappa shape index (κ3) is 3.78. The molecule has 1 atom stereocenters. The second-order valence-corrected chi connectivity index (χ2v) is 7.94. The highest BCUT2D eigenvalue weighted by Gasteiger charge is 2.24. The van der Waals surface area contributed by atoms with Gasteiger partial charge in [-0.3, -0.25) is 9.20 Å². The molecule has 3 aromatic heterocycles. The summed E-state index contributed by atoms with van der Waals surface area (Å²) in [5.41, 5.74) is 3.93. The van der Waals surface area contributed by atoms with Crippen molar-refractivity contribution < 1.29 is 4.79 Å². The van der Waals surface area contributed by atoms with Gasteiger partial charge in [0, 0.05) is 6.20 Å². The predicted molar refractivity (Wildman–Crippen MR) is 115 cm³/mol. The van der Waals surface area contributed by atoms with Crippen LogP contribution >= 0.6 is 11.8 Å². The average Bonchev–Trinajstić information content (AvgIpc) is 3.43. The zero-order valence-electron chi connectivity index (χ0n) is 17.0. The van der Waals surface area contributed by atoms with Gasteiger partial charge in [-0.25, -0.2) is 0 Å². The number of benzene rings is 1. The third-order valence-corrected chi connectivity index (χ3v) is 5.74. The van der Waals surface area contributed by atoms with E-state index >= 15 is 0 Å². The topological polar surface area (TPSA) is 103 Å². The summed E-state index contributed by atoms with van der Waals surface area (Å²) < 4.78 is 3.44. The van der Waals surface area contributed by atoms with Gasteiger partial charge in [-0.05, 0) is 72.0 Å². The number of tetrazole rings is 1. The van der Waals surface area contributed by atoms with Gasteiger partial charge in [0.15, 0.2) is 11.5 Å². The molecule has 154 valence electrons. The van der Waals surface area contributed by atoms with Gasteiger partial charge in [-0.15, -0.1) is 15.3 Å². The van der Waals surface area contributed by atoms with E-state index in [0.717, 1.165) is 28.9 Å². The van der Waals surface area contributed by atoms with Gasteiger partial charge in [-0.1, -0.05) is 12.1 Å². The van der Waals surface area contributed by atoms with Crippen LogP contribution in [0, 0.1) is 13.8 Å². The number of nitrogens with one attached hydrogen (secondary N) is 1. The van der Waals surface area contributed by atoms with Crippen LogP contribution in [0.25, 0.3) is 11.3 Å². The fourth-order valence-corrected chi connectivity index (χ4v) is 3.85. The Hall–Kier alpha value is -3.27. The minimum Gasteiger partial charge on any atom is -0.342 e. The Balaban J connectivity index is 1.71. The summed E-state index contributed by atoms with van der Waals surface area (Å²) in [5, 5.41) is 23.2. The van der Waals surface area contributed by atoms with Crippen molar-refractivity contribution in [3.05, 3.63) is 65.4 Å². The van der Waals surface area contributed by atoms with E-state index in [2.05, 4.69) is 31.0 Å². The zero-order chi connectivity index (χ0) is 21.1. The molecule has 0 aliphatic heterocycles. The fraction of sp³-hybridized carbons (Fsp3) is 0.300. The number of fused-ring (bicyclic) bond motifs is 1. The lowest BCUT2D eigenvalue weighted by atomic mass is 10.0. The number of carbonyl (C=O) groups excluding carboxylic acids is 1. The molecular formula is C20H22N8OS. The van der Waals surface area contributed by atoms with Crippen molar-refractivity contribution in [3.63, 3.8) is 0 Å². The molecule has 1 amide bonds. The molecule has 0 radical (unpaired) electrons. The molecule has 10 heteroatoms. The van der Waals surface area contributed by atoms with Crippen molar-refractivity contribution >= 4 is 23.3 Å². The summed E-state index contributed by atoms with van der Waals surface area (Å²) in [4.78, 5) is 13.4. The molecule has 4 aromatic rings. The summed E-state index contributed by atoms with van der Waals surface area (Å²) >= 11 is 1.72. The number of rotatable bonds is 7. The highest BCUT2D eigenvalue weighted by atomic mass is 32.2. The van der Waals surface area contributed by atoms with E-state index in [1.807, 2.05) is 61.0 Å². The van der Waals surface area contributed by atoms with Gasteiger partial charge in [-0.2, -0.15) is 16.4 Å². The lowest BCUT2D eigenvalue weighted by Gasteiger charge is -2.19. The summed E-state index contributed by atoms with van der Waals surface area (Å²) in [6.07, 6.45) is 6.18. The molecule has 0 fully saturated rings. The Morgan fingerprint density at radius 2 is 2.07 bits per heavy atom. The number of thioether (sulfide) groups is 1. The van der Waals surface area contributed by atoms with E-state index in [1.165, 1.54) is 11.0 Å². The predicted octanol–water partition coefficient (Wildman–Crippen LogP) is 2.55. The fourth-order valence-electron chi connectivity index (χ4n) is 3.38. The van der Waals surface area contributed by atoms with Crippen LogP contribution in [0.15, 0.2) is 42.9 Å². The monoisotopic (exact) mass is 422 g/mol. The number of hydrogen-bond acceptors (Lipinski definition) is 7. The number of aromatic nitrogens is 7. The van der Waals surface area contributed by atoms with Crippen molar-refractivity contribution in [2.45, 2.75) is 26.3 Å². The minimum atomic E-state index is -0.286. The molecule has 9 nitrogen and oxygen atoms in total. The van der Waals surface area contributed by atoms with Crippen molar-refractivity contribution in [2.75, 3.05) is 12.0 Å². The Morgan fingerprint density at radius 1 is 1.20 bits per heavy atom. The molecule has 0 spiro atoms. The van der Waals surface area contributed by atoms with Gasteiger partial charge in [0.25, 0.3) is 5.91 Å². The highest BCUT2D eigenvalue weighted by Crippen LogP contribution is 2.24. The van der Waals surface area contributed by atoms with Crippen LogP contribution in [-0.2, 0) is 0 Å². The second kappa shape index (κ2) is 8.62. The molecule has 0 saturated carbocycles. The van der Waals surface area contributed by atoms with Crippen molar-refractivity contribution in [3.8, 4) is 5.69 Å². The van der Waals surface area contributed by atoms with E-state index in [-0.39, 0.29) is 11.9 Å². The van der Waals surface area contributed by atoms with Crippen LogP contribution in [0.2, 0.25) is 0 Å². The van der Waals surface area contributed by atoms with Crippen LogP contribution in [0.1, 0.15) is 39.8 Å². The maximum atomic E-state index is 13.4. The minimum absolute atomic E-state index is 0.206. The molecule has 0 saturated heterocycles. The first-order valence-corrected chi connectivity index (χ1v) is 10.9. The van der Waals surface area contributed by atoms with Gasteiger partial charge in [0.1, 0.15) is 6.33 Å². The Labute approximate surface area is 177 Å². The highest BCUT2D eigenvalue weighted by molar-refractivity contribution is 7.98. The van der Waals surface area contributed by atoms with Gasteiger partial charge in [0.2, 0.25) is 0 Å². The molecule has 30 heavy (non-hydrogen) atoms. The molecule has 4 rings (SSSR count). The molecular weight excluding hydrogens is 400 g/mol. The quantitative estimate of drug-likeness (QED) is 0.488. The molecule has 0 aliphatic carbocycles.